The second kappa shape index (κ2) is 5.09. The predicted octanol–water partition coefficient (Wildman–Crippen LogP) is 1.97. The summed E-state index contributed by atoms with van der Waals surface area (Å²) in [4.78, 5) is 4.57. The summed E-state index contributed by atoms with van der Waals surface area (Å²) < 4.78 is 3.99. The first kappa shape index (κ1) is 12.9. The molecule has 0 aromatic carbocycles. The topological polar surface area (TPSA) is 47.2 Å². The van der Waals surface area contributed by atoms with Crippen LogP contribution in [0.2, 0.25) is 0 Å². The second-order valence-corrected chi connectivity index (χ2v) is 5.09. The van der Waals surface area contributed by atoms with E-state index in [2.05, 4.69) is 39.1 Å². The Hall–Kier alpha value is -2.14. The number of fused-ring (bicyclic) bond motifs is 1. The lowest BCUT2D eigenvalue weighted by Crippen LogP contribution is -2.15. The molecular weight excluding hydrogens is 250 g/mol. The van der Waals surface area contributed by atoms with E-state index in [9.17, 15) is 0 Å². The molecule has 3 aromatic heterocycles. The molecule has 0 saturated heterocycles. The smallest absolute Gasteiger partial charge is 0.137 e. The van der Waals surface area contributed by atoms with Gasteiger partial charge < -0.3 is 9.72 Å². The van der Waals surface area contributed by atoms with Gasteiger partial charge in [0.25, 0.3) is 0 Å². The highest BCUT2D eigenvalue weighted by Gasteiger charge is 2.08. The number of aryl methyl sites for hydroxylation is 3. The van der Waals surface area contributed by atoms with Gasteiger partial charge in [-0.25, -0.2) is 4.98 Å². The van der Waals surface area contributed by atoms with Crippen LogP contribution in [-0.4, -0.2) is 19.2 Å². The van der Waals surface area contributed by atoms with Gasteiger partial charge in [-0.3, -0.25) is 4.68 Å². The fraction of sp³-hybridized carbons (Fsp3) is 0.333. The highest BCUT2D eigenvalue weighted by atomic mass is 15.2. The number of hydrogen-bond donors (Lipinski definition) is 1. The average Bonchev–Trinajstić information content (AvgIpc) is 2.90. The Labute approximate surface area is 118 Å². The summed E-state index contributed by atoms with van der Waals surface area (Å²) in [5, 5.41) is 7.83. The van der Waals surface area contributed by atoms with E-state index >= 15 is 0 Å². The Kier molecular flexibility index (Phi) is 3.28. The summed E-state index contributed by atoms with van der Waals surface area (Å²) in [6, 6.07) is 6.07. The van der Waals surface area contributed by atoms with Crippen molar-refractivity contribution in [1.29, 1.82) is 0 Å². The molecule has 0 fully saturated rings. The summed E-state index contributed by atoms with van der Waals surface area (Å²) in [6.45, 7) is 5.71. The number of imidazole rings is 1. The molecule has 0 unspecified atom stereocenters. The van der Waals surface area contributed by atoms with Crippen LogP contribution in [-0.2, 0) is 20.1 Å². The Bertz CT molecular complexity index is 738. The molecule has 5 nitrogen and oxygen atoms in total. The number of aromatic nitrogens is 4. The number of nitrogens with one attached hydrogen (secondary N) is 1. The van der Waals surface area contributed by atoms with Gasteiger partial charge in [0.15, 0.2) is 0 Å². The van der Waals surface area contributed by atoms with Crippen molar-refractivity contribution < 1.29 is 0 Å². The quantitative estimate of drug-likeness (QED) is 0.788. The van der Waals surface area contributed by atoms with Crippen LogP contribution in [0.25, 0.3) is 5.65 Å². The zero-order chi connectivity index (χ0) is 14.1. The molecule has 0 amide bonds. The average molecular weight is 269 g/mol. The molecule has 3 rings (SSSR count). The van der Waals surface area contributed by atoms with Gasteiger partial charge in [-0.15, -0.1) is 0 Å². The van der Waals surface area contributed by atoms with Crippen LogP contribution in [0.1, 0.15) is 22.6 Å². The molecule has 3 heterocycles. The summed E-state index contributed by atoms with van der Waals surface area (Å²) >= 11 is 0. The minimum absolute atomic E-state index is 0.797. The van der Waals surface area contributed by atoms with Crippen molar-refractivity contribution in [2.45, 2.75) is 26.9 Å². The van der Waals surface area contributed by atoms with Crippen LogP contribution in [0.15, 0.2) is 30.6 Å². The van der Waals surface area contributed by atoms with Gasteiger partial charge in [-0.1, -0.05) is 6.07 Å². The number of pyridine rings is 1. The number of nitrogens with zero attached hydrogens (tertiary/aromatic N) is 4. The number of hydrogen-bond acceptors (Lipinski definition) is 3. The van der Waals surface area contributed by atoms with Gasteiger partial charge in [-0.05, 0) is 26.0 Å². The van der Waals surface area contributed by atoms with Crippen LogP contribution in [0, 0.1) is 13.8 Å². The van der Waals surface area contributed by atoms with E-state index in [4.69, 9.17) is 0 Å². The van der Waals surface area contributed by atoms with Gasteiger partial charge >= 0.3 is 0 Å². The van der Waals surface area contributed by atoms with Crippen molar-refractivity contribution >= 4 is 5.65 Å². The molecule has 20 heavy (non-hydrogen) atoms. The lowest BCUT2D eigenvalue weighted by molar-refractivity contribution is 0.669. The Morgan fingerprint density at radius 2 is 2.00 bits per heavy atom. The monoisotopic (exact) mass is 269 g/mol. The third-order valence-corrected chi connectivity index (χ3v) is 3.55. The minimum Gasteiger partial charge on any atom is -0.307 e. The van der Waals surface area contributed by atoms with Crippen LogP contribution >= 0.6 is 0 Å². The Balaban J connectivity index is 1.74. The van der Waals surface area contributed by atoms with E-state index in [0.29, 0.717) is 0 Å². The maximum absolute atomic E-state index is 4.57. The normalized spacial score (nSPS) is 11.3. The van der Waals surface area contributed by atoms with E-state index in [1.54, 1.807) is 0 Å². The Morgan fingerprint density at radius 3 is 2.75 bits per heavy atom. The van der Waals surface area contributed by atoms with Gasteiger partial charge in [0.05, 0.1) is 17.1 Å². The fourth-order valence-electron chi connectivity index (χ4n) is 2.51. The fourth-order valence-corrected chi connectivity index (χ4v) is 2.51. The van der Waals surface area contributed by atoms with Crippen LogP contribution in [0.5, 0.6) is 0 Å². The molecule has 1 N–H and O–H groups in total. The summed E-state index contributed by atoms with van der Waals surface area (Å²) in [5.74, 6) is 0. The maximum atomic E-state index is 4.57. The molecule has 0 aliphatic rings. The van der Waals surface area contributed by atoms with Crippen molar-refractivity contribution in [3.05, 3.63) is 53.2 Å². The van der Waals surface area contributed by atoms with Crippen molar-refractivity contribution in [3.63, 3.8) is 0 Å². The molecule has 0 atom stereocenters. The molecule has 3 aromatic rings. The molecule has 0 spiro atoms. The minimum atomic E-state index is 0.797. The first-order valence-corrected chi connectivity index (χ1v) is 6.77. The first-order valence-electron chi connectivity index (χ1n) is 6.77. The van der Waals surface area contributed by atoms with E-state index in [0.717, 1.165) is 30.1 Å². The van der Waals surface area contributed by atoms with Gasteiger partial charge in [-0.2, -0.15) is 5.10 Å². The zero-order valence-electron chi connectivity index (χ0n) is 12.1. The largest absolute Gasteiger partial charge is 0.307 e. The molecule has 104 valence electrons. The third kappa shape index (κ3) is 2.32. The number of rotatable bonds is 4. The highest BCUT2D eigenvalue weighted by molar-refractivity contribution is 5.42. The van der Waals surface area contributed by atoms with Crippen molar-refractivity contribution in [2.24, 2.45) is 7.05 Å². The predicted molar refractivity (Wildman–Crippen MR) is 78.4 cm³/mol. The zero-order valence-corrected chi connectivity index (χ0v) is 12.1. The maximum Gasteiger partial charge on any atom is 0.137 e. The van der Waals surface area contributed by atoms with Gasteiger partial charge in [0, 0.05) is 38.1 Å². The van der Waals surface area contributed by atoms with E-state index in [1.165, 1.54) is 11.3 Å². The van der Waals surface area contributed by atoms with Crippen LogP contribution in [0.3, 0.4) is 0 Å². The third-order valence-electron chi connectivity index (χ3n) is 3.55. The molecule has 0 bridgehead atoms. The van der Waals surface area contributed by atoms with Gasteiger partial charge in [0.2, 0.25) is 0 Å². The van der Waals surface area contributed by atoms with Crippen molar-refractivity contribution in [2.75, 3.05) is 0 Å². The van der Waals surface area contributed by atoms with E-state index < -0.39 is 0 Å². The van der Waals surface area contributed by atoms with E-state index in [-0.39, 0.29) is 0 Å². The summed E-state index contributed by atoms with van der Waals surface area (Å²) in [6.07, 6.45) is 4.12. The SMILES string of the molecule is Cc1nn(C)cc1CNCc1c(C)nc2ccccn12. The molecular formula is C15H19N5. The van der Waals surface area contributed by atoms with Crippen LogP contribution in [0.4, 0.5) is 0 Å². The second-order valence-electron chi connectivity index (χ2n) is 5.09. The molecule has 0 saturated carbocycles. The molecule has 5 heteroatoms. The molecule has 0 radical (unpaired) electrons. The van der Waals surface area contributed by atoms with Gasteiger partial charge in [0.1, 0.15) is 5.65 Å². The van der Waals surface area contributed by atoms with Crippen molar-refractivity contribution in [3.8, 4) is 0 Å². The van der Waals surface area contributed by atoms with Crippen LogP contribution < -0.4 is 5.32 Å². The molecule has 0 aliphatic heterocycles. The lowest BCUT2D eigenvalue weighted by atomic mass is 10.2. The Morgan fingerprint density at radius 1 is 1.15 bits per heavy atom. The highest BCUT2D eigenvalue weighted by Crippen LogP contribution is 2.12. The lowest BCUT2D eigenvalue weighted by Gasteiger charge is -2.05. The van der Waals surface area contributed by atoms with E-state index in [1.807, 2.05) is 36.9 Å². The first-order chi connectivity index (χ1) is 9.65. The van der Waals surface area contributed by atoms with Crippen molar-refractivity contribution in [1.82, 2.24) is 24.5 Å². The summed E-state index contributed by atoms with van der Waals surface area (Å²) in [5.41, 5.74) is 5.60. The molecule has 0 aliphatic carbocycles. The summed E-state index contributed by atoms with van der Waals surface area (Å²) in [7, 11) is 1.95. The standard InChI is InChI=1S/C15H19N5/c1-11-13(10-19(3)18-11)8-16-9-14-12(2)17-15-6-4-5-7-20(14)15/h4-7,10,16H,8-9H2,1-3H3.